The number of hydrogen-bond donors (Lipinski definition) is 1. The fraction of sp³-hybridized carbons (Fsp3) is 0.938. The standard InChI is InChI=1S/C16H30N2O2S/c1-13(2)21-11-10-17-8-5-15(6-9-17)18-7-3-4-14(12-18)16(19)20/h13-15H,3-12H2,1-2H3,(H,19,20). The molecule has 0 aliphatic carbocycles. The van der Waals surface area contributed by atoms with Gasteiger partial charge in [0, 0.05) is 24.9 Å². The molecule has 2 aliphatic rings. The zero-order valence-electron chi connectivity index (χ0n) is 13.5. The summed E-state index contributed by atoms with van der Waals surface area (Å²) >= 11 is 2.04. The van der Waals surface area contributed by atoms with Crippen LogP contribution in [0.2, 0.25) is 0 Å². The van der Waals surface area contributed by atoms with Gasteiger partial charge >= 0.3 is 5.97 Å². The van der Waals surface area contributed by atoms with Crippen LogP contribution in [0.5, 0.6) is 0 Å². The lowest BCUT2D eigenvalue weighted by Gasteiger charge is -2.41. The largest absolute Gasteiger partial charge is 0.481 e. The van der Waals surface area contributed by atoms with Crippen molar-refractivity contribution < 1.29 is 9.90 Å². The normalized spacial score (nSPS) is 26.3. The summed E-state index contributed by atoms with van der Waals surface area (Å²) in [5.41, 5.74) is 0. The zero-order chi connectivity index (χ0) is 15.2. The highest BCUT2D eigenvalue weighted by Gasteiger charge is 2.31. The highest BCUT2D eigenvalue weighted by atomic mass is 32.2. The van der Waals surface area contributed by atoms with Crippen LogP contribution in [0.15, 0.2) is 0 Å². The molecule has 0 aromatic rings. The van der Waals surface area contributed by atoms with Gasteiger partial charge in [0.2, 0.25) is 0 Å². The topological polar surface area (TPSA) is 43.8 Å². The van der Waals surface area contributed by atoms with Gasteiger partial charge in [-0.25, -0.2) is 0 Å². The van der Waals surface area contributed by atoms with Gasteiger partial charge in [0.15, 0.2) is 0 Å². The smallest absolute Gasteiger partial charge is 0.307 e. The maximum absolute atomic E-state index is 11.2. The molecule has 2 rings (SSSR count). The molecule has 2 aliphatic heterocycles. The molecule has 21 heavy (non-hydrogen) atoms. The third-order valence-electron chi connectivity index (χ3n) is 4.73. The molecule has 122 valence electrons. The van der Waals surface area contributed by atoms with E-state index in [-0.39, 0.29) is 5.92 Å². The average Bonchev–Trinajstić information content (AvgIpc) is 2.48. The van der Waals surface area contributed by atoms with E-state index in [1.54, 1.807) is 0 Å². The van der Waals surface area contributed by atoms with Gasteiger partial charge in [-0.2, -0.15) is 11.8 Å². The first-order chi connectivity index (χ1) is 10.1. The highest BCUT2D eigenvalue weighted by Crippen LogP contribution is 2.24. The predicted octanol–water partition coefficient (Wildman–Crippen LogP) is 2.39. The number of thioether (sulfide) groups is 1. The van der Waals surface area contributed by atoms with Crippen molar-refractivity contribution in [3.05, 3.63) is 0 Å². The molecule has 0 aromatic heterocycles. The summed E-state index contributed by atoms with van der Waals surface area (Å²) in [6.07, 6.45) is 4.32. The number of nitrogens with zero attached hydrogens (tertiary/aromatic N) is 2. The van der Waals surface area contributed by atoms with E-state index in [1.807, 2.05) is 11.8 Å². The first-order valence-electron chi connectivity index (χ1n) is 8.37. The van der Waals surface area contributed by atoms with Crippen LogP contribution in [-0.4, -0.2) is 70.6 Å². The van der Waals surface area contributed by atoms with Gasteiger partial charge in [-0.15, -0.1) is 0 Å². The van der Waals surface area contributed by atoms with E-state index in [9.17, 15) is 9.90 Å². The maximum atomic E-state index is 11.2. The molecule has 2 heterocycles. The fourth-order valence-corrected chi connectivity index (χ4v) is 4.30. The summed E-state index contributed by atoms with van der Waals surface area (Å²) in [7, 11) is 0. The van der Waals surface area contributed by atoms with Gasteiger partial charge in [0.1, 0.15) is 0 Å². The fourth-order valence-electron chi connectivity index (χ4n) is 3.47. The van der Waals surface area contributed by atoms with E-state index in [0.717, 1.165) is 31.2 Å². The van der Waals surface area contributed by atoms with Gasteiger partial charge in [-0.05, 0) is 50.6 Å². The molecule has 2 saturated heterocycles. The van der Waals surface area contributed by atoms with Crippen LogP contribution in [0, 0.1) is 5.92 Å². The summed E-state index contributed by atoms with van der Waals surface area (Å²) < 4.78 is 0. The van der Waals surface area contributed by atoms with Gasteiger partial charge in [0.05, 0.1) is 5.92 Å². The van der Waals surface area contributed by atoms with E-state index < -0.39 is 5.97 Å². The molecule has 0 radical (unpaired) electrons. The molecule has 0 aromatic carbocycles. The third-order valence-corrected chi connectivity index (χ3v) is 5.82. The molecule has 5 heteroatoms. The Morgan fingerprint density at radius 2 is 1.95 bits per heavy atom. The van der Waals surface area contributed by atoms with Crippen LogP contribution in [0.25, 0.3) is 0 Å². The molecule has 0 saturated carbocycles. The first-order valence-corrected chi connectivity index (χ1v) is 9.42. The van der Waals surface area contributed by atoms with Crippen molar-refractivity contribution in [2.24, 2.45) is 5.92 Å². The summed E-state index contributed by atoms with van der Waals surface area (Å²) in [6, 6.07) is 0.612. The van der Waals surface area contributed by atoms with Crippen LogP contribution in [-0.2, 0) is 4.79 Å². The van der Waals surface area contributed by atoms with E-state index >= 15 is 0 Å². The second kappa shape index (κ2) is 8.39. The lowest BCUT2D eigenvalue weighted by molar-refractivity contribution is -0.144. The van der Waals surface area contributed by atoms with Crippen molar-refractivity contribution in [3.63, 3.8) is 0 Å². The second-order valence-electron chi connectivity index (χ2n) is 6.66. The van der Waals surface area contributed by atoms with Crippen molar-refractivity contribution >= 4 is 17.7 Å². The lowest BCUT2D eigenvalue weighted by atomic mass is 9.94. The van der Waals surface area contributed by atoms with Crippen molar-refractivity contribution in [2.75, 3.05) is 38.5 Å². The molecular formula is C16H30N2O2S. The Kier molecular flexibility index (Phi) is 6.83. The van der Waals surface area contributed by atoms with Crippen LogP contribution in [0.3, 0.4) is 0 Å². The monoisotopic (exact) mass is 314 g/mol. The molecule has 4 nitrogen and oxygen atoms in total. The first kappa shape index (κ1) is 17.1. The Bertz CT molecular complexity index is 330. The minimum atomic E-state index is -0.608. The van der Waals surface area contributed by atoms with Gasteiger partial charge in [-0.1, -0.05) is 13.8 Å². The number of carbonyl (C=O) groups is 1. The van der Waals surface area contributed by atoms with Gasteiger partial charge in [0.25, 0.3) is 0 Å². The van der Waals surface area contributed by atoms with Crippen molar-refractivity contribution in [1.29, 1.82) is 0 Å². The summed E-state index contributed by atoms with van der Waals surface area (Å²) in [4.78, 5) is 16.2. The van der Waals surface area contributed by atoms with Crippen molar-refractivity contribution in [3.8, 4) is 0 Å². The summed E-state index contributed by atoms with van der Waals surface area (Å²) in [6.45, 7) is 9.93. The number of likely N-dealkylation sites (tertiary alicyclic amines) is 2. The van der Waals surface area contributed by atoms with E-state index in [0.29, 0.717) is 6.04 Å². The Hall–Kier alpha value is -0.260. The SMILES string of the molecule is CC(C)SCCN1CCC(N2CCCC(C(=O)O)C2)CC1. The van der Waals surface area contributed by atoms with Gasteiger partial charge < -0.3 is 10.0 Å². The van der Waals surface area contributed by atoms with Gasteiger partial charge in [-0.3, -0.25) is 9.69 Å². The van der Waals surface area contributed by atoms with E-state index in [1.165, 1.54) is 38.2 Å². The predicted molar refractivity (Wildman–Crippen MR) is 89.0 cm³/mol. The number of hydrogen-bond acceptors (Lipinski definition) is 4. The highest BCUT2D eigenvalue weighted by molar-refractivity contribution is 7.99. The number of carboxylic acids is 1. The minimum absolute atomic E-state index is 0.140. The van der Waals surface area contributed by atoms with Crippen LogP contribution < -0.4 is 0 Å². The molecule has 0 amide bonds. The molecule has 0 bridgehead atoms. The molecule has 2 fully saturated rings. The number of piperidine rings is 2. The Morgan fingerprint density at radius 1 is 1.24 bits per heavy atom. The molecular weight excluding hydrogens is 284 g/mol. The minimum Gasteiger partial charge on any atom is -0.481 e. The molecule has 1 atom stereocenters. The lowest BCUT2D eigenvalue weighted by Crippen LogP contribution is -2.49. The third kappa shape index (κ3) is 5.46. The average molecular weight is 314 g/mol. The Morgan fingerprint density at radius 3 is 2.57 bits per heavy atom. The molecule has 1 N–H and O–H groups in total. The van der Waals surface area contributed by atoms with Crippen LogP contribution in [0.4, 0.5) is 0 Å². The number of rotatable bonds is 6. The Balaban J connectivity index is 1.69. The van der Waals surface area contributed by atoms with E-state index in [2.05, 4.69) is 23.6 Å². The number of aliphatic carboxylic acids is 1. The number of carboxylic acid groups (broad SMARTS) is 1. The Labute approximate surface area is 133 Å². The van der Waals surface area contributed by atoms with Crippen LogP contribution in [0.1, 0.15) is 39.5 Å². The maximum Gasteiger partial charge on any atom is 0.307 e. The van der Waals surface area contributed by atoms with Crippen molar-refractivity contribution in [2.45, 2.75) is 50.8 Å². The second-order valence-corrected chi connectivity index (χ2v) is 8.35. The quantitative estimate of drug-likeness (QED) is 0.815. The molecule has 1 unspecified atom stereocenters. The molecule has 0 spiro atoms. The zero-order valence-corrected chi connectivity index (χ0v) is 14.3. The summed E-state index contributed by atoms with van der Waals surface area (Å²) in [5, 5.41) is 9.93. The van der Waals surface area contributed by atoms with Crippen molar-refractivity contribution in [1.82, 2.24) is 9.80 Å². The summed E-state index contributed by atoms with van der Waals surface area (Å²) in [5.74, 6) is 0.481. The van der Waals surface area contributed by atoms with E-state index in [4.69, 9.17) is 0 Å². The van der Waals surface area contributed by atoms with Crippen LogP contribution >= 0.6 is 11.8 Å².